The fraction of sp³-hybridized carbons (Fsp3) is 0.125. The van der Waals surface area contributed by atoms with Crippen LogP contribution >= 0.6 is 15.9 Å². The Labute approximate surface area is 79.1 Å². The molecule has 1 aromatic carbocycles. The van der Waals surface area contributed by atoms with E-state index in [0.717, 1.165) is 10.0 Å². The van der Waals surface area contributed by atoms with Crippen molar-refractivity contribution in [3.05, 3.63) is 33.8 Å². The van der Waals surface area contributed by atoms with Gasteiger partial charge in [-0.3, -0.25) is 10.2 Å². The minimum atomic E-state index is -0.278. The molecule has 12 heavy (non-hydrogen) atoms. The van der Waals surface area contributed by atoms with Gasteiger partial charge in [-0.2, -0.15) is 0 Å². The first-order chi connectivity index (χ1) is 5.66. The van der Waals surface area contributed by atoms with Crippen LogP contribution in [0.5, 0.6) is 0 Å². The van der Waals surface area contributed by atoms with E-state index in [1.807, 2.05) is 19.1 Å². The molecule has 0 aliphatic rings. The molecule has 1 rings (SSSR count). The van der Waals surface area contributed by atoms with Crippen LogP contribution in [0.25, 0.3) is 0 Å². The zero-order valence-electron chi connectivity index (χ0n) is 6.60. The predicted molar refractivity (Wildman–Crippen MR) is 50.5 cm³/mol. The number of halogens is 1. The van der Waals surface area contributed by atoms with E-state index in [1.165, 1.54) is 0 Å². The molecule has 1 aromatic rings. The molecule has 0 radical (unpaired) electrons. The van der Waals surface area contributed by atoms with Crippen molar-refractivity contribution >= 4 is 21.8 Å². The number of hydrogen-bond donors (Lipinski definition) is 2. The lowest BCUT2D eigenvalue weighted by Crippen LogP contribution is -2.30. The summed E-state index contributed by atoms with van der Waals surface area (Å²) in [5.41, 5.74) is 3.57. The second kappa shape index (κ2) is 3.69. The third-order valence-electron chi connectivity index (χ3n) is 1.58. The van der Waals surface area contributed by atoms with Crippen molar-refractivity contribution in [3.8, 4) is 0 Å². The van der Waals surface area contributed by atoms with E-state index in [2.05, 4.69) is 21.4 Å². The first-order valence-electron chi connectivity index (χ1n) is 3.43. The summed E-state index contributed by atoms with van der Waals surface area (Å²) in [6, 6.07) is 5.53. The maximum absolute atomic E-state index is 11.2. The maximum atomic E-state index is 11.2. The zero-order valence-corrected chi connectivity index (χ0v) is 8.18. The van der Waals surface area contributed by atoms with Crippen LogP contribution < -0.4 is 11.3 Å². The van der Waals surface area contributed by atoms with Gasteiger partial charge in [0.1, 0.15) is 0 Å². The number of aryl methyl sites for hydroxylation is 1. The Kier molecular flexibility index (Phi) is 2.83. The Balaban J connectivity index is 3.21. The number of nitrogen functional groups attached to an aromatic ring is 1. The number of carbonyl (C=O) groups excluding carboxylic acids is 1. The summed E-state index contributed by atoms with van der Waals surface area (Å²) in [5.74, 6) is 4.74. The number of rotatable bonds is 1. The Morgan fingerprint density at radius 3 is 2.75 bits per heavy atom. The number of nitrogens with two attached hydrogens (primary N) is 1. The third kappa shape index (κ3) is 1.65. The zero-order chi connectivity index (χ0) is 9.14. The SMILES string of the molecule is Cc1cccc(Br)c1C(=O)NN. The highest BCUT2D eigenvalue weighted by atomic mass is 79.9. The molecule has 0 fully saturated rings. The number of hydrogen-bond acceptors (Lipinski definition) is 2. The van der Waals surface area contributed by atoms with E-state index in [0.29, 0.717) is 5.56 Å². The number of nitrogens with one attached hydrogen (secondary N) is 1. The minimum absolute atomic E-state index is 0.278. The van der Waals surface area contributed by atoms with Gasteiger partial charge < -0.3 is 0 Å². The van der Waals surface area contributed by atoms with E-state index in [1.54, 1.807) is 6.07 Å². The highest BCUT2D eigenvalue weighted by Gasteiger charge is 2.10. The maximum Gasteiger partial charge on any atom is 0.266 e. The largest absolute Gasteiger partial charge is 0.290 e. The van der Waals surface area contributed by atoms with E-state index >= 15 is 0 Å². The Morgan fingerprint density at radius 1 is 1.58 bits per heavy atom. The lowest BCUT2D eigenvalue weighted by atomic mass is 10.1. The van der Waals surface area contributed by atoms with Crippen molar-refractivity contribution in [2.24, 2.45) is 5.84 Å². The normalized spacial score (nSPS) is 9.58. The molecule has 0 unspecified atom stereocenters. The lowest BCUT2D eigenvalue weighted by molar-refractivity contribution is 0.0952. The Hall–Kier alpha value is -0.870. The minimum Gasteiger partial charge on any atom is -0.290 e. The fourth-order valence-electron chi connectivity index (χ4n) is 0.992. The Morgan fingerprint density at radius 2 is 2.25 bits per heavy atom. The molecular weight excluding hydrogens is 220 g/mol. The molecule has 0 heterocycles. The lowest BCUT2D eigenvalue weighted by Gasteiger charge is -2.05. The monoisotopic (exact) mass is 228 g/mol. The molecule has 0 bridgehead atoms. The topological polar surface area (TPSA) is 55.1 Å². The van der Waals surface area contributed by atoms with Crippen molar-refractivity contribution in [1.29, 1.82) is 0 Å². The first-order valence-corrected chi connectivity index (χ1v) is 4.22. The molecule has 0 saturated carbocycles. The number of hydrazine groups is 1. The molecule has 3 nitrogen and oxygen atoms in total. The van der Waals surface area contributed by atoms with Gasteiger partial charge in [0.2, 0.25) is 0 Å². The van der Waals surface area contributed by atoms with Crippen molar-refractivity contribution in [2.75, 3.05) is 0 Å². The van der Waals surface area contributed by atoms with Crippen LogP contribution in [0, 0.1) is 6.92 Å². The second-order valence-electron chi connectivity index (χ2n) is 2.41. The van der Waals surface area contributed by atoms with Crippen LogP contribution in [0.3, 0.4) is 0 Å². The average Bonchev–Trinajstić information content (AvgIpc) is 2.03. The van der Waals surface area contributed by atoms with Crippen LogP contribution in [-0.2, 0) is 0 Å². The Bertz CT molecular complexity index is 292. The molecule has 4 heteroatoms. The van der Waals surface area contributed by atoms with Gasteiger partial charge in [-0.05, 0) is 34.5 Å². The van der Waals surface area contributed by atoms with Gasteiger partial charge in [-0.15, -0.1) is 0 Å². The second-order valence-corrected chi connectivity index (χ2v) is 3.26. The summed E-state index contributed by atoms with van der Waals surface area (Å²) in [4.78, 5) is 11.2. The number of amides is 1. The van der Waals surface area contributed by atoms with Crippen LogP contribution in [0.2, 0.25) is 0 Å². The van der Waals surface area contributed by atoms with Gasteiger partial charge in [-0.25, -0.2) is 5.84 Å². The fourth-order valence-corrected chi connectivity index (χ4v) is 1.64. The van der Waals surface area contributed by atoms with E-state index in [-0.39, 0.29) is 5.91 Å². The van der Waals surface area contributed by atoms with Crippen molar-refractivity contribution < 1.29 is 4.79 Å². The summed E-state index contributed by atoms with van der Waals surface area (Å²) >= 11 is 3.27. The first kappa shape index (κ1) is 9.22. The van der Waals surface area contributed by atoms with Crippen LogP contribution in [0.4, 0.5) is 0 Å². The quantitative estimate of drug-likeness (QED) is 0.434. The molecule has 0 atom stereocenters. The molecule has 0 saturated heterocycles. The molecule has 0 aromatic heterocycles. The van der Waals surface area contributed by atoms with Crippen molar-refractivity contribution in [3.63, 3.8) is 0 Å². The smallest absolute Gasteiger partial charge is 0.266 e. The number of benzene rings is 1. The van der Waals surface area contributed by atoms with Gasteiger partial charge in [-0.1, -0.05) is 12.1 Å². The summed E-state index contributed by atoms with van der Waals surface area (Å²) in [6.07, 6.45) is 0. The van der Waals surface area contributed by atoms with Gasteiger partial charge in [0.25, 0.3) is 5.91 Å². The predicted octanol–water partition coefficient (Wildman–Crippen LogP) is 1.36. The van der Waals surface area contributed by atoms with Crippen LogP contribution in [0.1, 0.15) is 15.9 Å². The van der Waals surface area contributed by atoms with Crippen LogP contribution in [0.15, 0.2) is 22.7 Å². The highest BCUT2D eigenvalue weighted by molar-refractivity contribution is 9.10. The molecule has 64 valence electrons. The molecular formula is C8H9BrN2O. The van der Waals surface area contributed by atoms with Gasteiger partial charge in [0.15, 0.2) is 0 Å². The average molecular weight is 229 g/mol. The van der Waals surface area contributed by atoms with Crippen LogP contribution in [-0.4, -0.2) is 5.91 Å². The standard InChI is InChI=1S/C8H9BrN2O/c1-5-3-2-4-6(9)7(5)8(12)11-10/h2-4H,10H2,1H3,(H,11,12). The van der Waals surface area contributed by atoms with E-state index < -0.39 is 0 Å². The molecule has 1 amide bonds. The summed E-state index contributed by atoms with van der Waals surface area (Å²) in [5, 5.41) is 0. The molecule has 0 aliphatic carbocycles. The van der Waals surface area contributed by atoms with E-state index in [4.69, 9.17) is 5.84 Å². The van der Waals surface area contributed by atoms with Crippen molar-refractivity contribution in [1.82, 2.24) is 5.43 Å². The van der Waals surface area contributed by atoms with Gasteiger partial charge >= 0.3 is 0 Å². The summed E-state index contributed by atoms with van der Waals surface area (Å²) in [6.45, 7) is 1.86. The van der Waals surface area contributed by atoms with Gasteiger partial charge in [0, 0.05) is 4.47 Å². The molecule has 3 N–H and O–H groups in total. The highest BCUT2D eigenvalue weighted by Crippen LogP contribution is 2.19. The summed E-state index contributed by atoms with van der Waals surface area (Å²) in [7, 11) is 0. The molecule has 0 spiro atoms. The van der Waals surface area contributed by atoms with Crippen molar-refractivity contribution in [2.45, 2.75) is 6.92 Å². The number of carbonyl (C=O) groups is 1. The third-order valence-corrected chi connectivity index (χ3v) is 2.24. The van der Waals surface area contributed by atoms with E-state index in [9.17, 15) is 4.79 Å². The van der Waals surface area contributed by atoms with Gasteiger partial charge in [0.05, 0.1) is 5.56 Å². The molecule has 0 aliphatic heterocycles. The summed E-state index contributed by atoms with van der Waals surface area (Å²) < 4.78 is 0.755.